The molecule has 0 spiro atoms. The highest BCUT2D eigenvalue weighted by molar-refractivity contribution is 8.00. The first-order valence-corrected chi connectivity index (χ1v) is 7.77. The van der Waals surface area contributed by atoms with E-state index >= 15 is 0 Å². The SMILES string of the molecule is C[C@H](Sc1ccc(Cl)cc1)C(=O)Nc1ccc(F)cc1Cl. The van der Waals surface area contributed by atoms with Crippen molar-refractivity contribution in [2.75, 3.05) is 5.32 Å². The van der Waals surface area contributed by atoms with Crippen molar-refractivity contribution in [2.45, 2.75) is 17.1 Å². The Hall–Kier alpha value is -1.23. The molecule has 2 aromatic carbocycles. The van der Waals surface area contributed by atoms with Crippen LogP contribution in [0, 0.1) is 5.82 Å². The molecule has 0 radical (unpaired) electrons. The highest BCUT2D eigenvalue weighted by Crippen LogP contribution is 2.27. The molecule has 0 aliphatic heterocycles. The van der Waals surface area contributed by atoms with Gasteiger partial charge in [0.1, 0.15) is 5.82 Å². The molecule has 0 aliphatic carbocycles. The van der Waals surface area contributed by atoms with Crippen LogP contribution in [0.5, 0.6) is 0 Å². The largest absolute Gasteiger partial charge is 0.324 e. The van der Waals surface area contributed by atoms with Crippen LogP contribution < -0.4 is 5.32 Å². The summed E-state index contributed by atoms with van der Waals surface area (Å²) in [5.74, 6) is -0.648. The Kier molecular flexibility index (Phi) is 5.51. The smallest absolute Gasteiger partial charge is 0.237 e. The molecule has 2 aromatic rings. The van der Waals surface area contributed by atoms with E-state index in [9.17, 15) is 9.18 Å². The van der Waals surface area contributed by atoms with Gasteiger partial charge in [-0.05, 0) is 49.4 Å². The number of hydrogen-bond donors (Lipinski definition) is 1. The first-order chi connectivity index (χ1) is 9.95. The molecule has 2 nitrogen and oxygen atoms in total. The number of thioether (sulfide) groups is 1. The molecular formula is C15H12Cl2FNOS. The average Bonchev–Trinajstić information content (AvgIpc) is 2.44. The second-order valence-electron chi connectivity index (χ2n) is 4.33. The van der Waals surface area contributed by atoms with Gasteiger partial charge in [-0.25, -0.2) is 4.39 Å². The Morgan fingerprint density at radius 3 is 2.48 bits per heavy atom. The predicted molar refractivity (Wildman–Crippen MR) is 86.8 cm³/mol. The number of anilines is 1. The Morgan fingerprint density at radius 2 is 1.86 bits per heavy atom. The van der Waals surface area contributed by atoms with Crippen molar-refractivity contribution in [2.24, 2.45) is 0 Å². The molecule has 0 aliphatic rings. The van der Waals surface area contributed by atoms with E-state index in [4.69, 9.17) is 23.2 Å². The van der Waals surface area contributed by atoms with Crippen LogP contribution in [-0.2, 0) is 4.79 Å². The molecule has 1 N–H and O–H groups in total. The van der Waals surface area contributed by atoms with Crippen molar-refractivity contribution in [1.29, 1.82) is 0 Å². The first kappa shape index (κ1) is 16.1. The standard InChI is InChI=1S/C15H12Cl2FNOS/c1-9(21-12-5-2-10(16)3-6-12)15(20)19-14-7-4-11(18)8-13(14)17/h2-9H,1H3,(H,19,20)/t9-/m0/s1. The number of rotatable bonds is 4. The topological polar surface area (TPSA) is 29.1 Å². The number of carbonyl (C=O) groups excluding carboxylic acids is 1. The van der Waals surface area contributed by atoms with Crippen LogP contribution in [0.2, 0.25) is 10.0 Å². The molecule has 1 amide bonds. The zero-order chi connectivity index (χ0) is 15.4. The normalized spacial score (nSPS) is 12.0. The number of carbonyl (C=O) groups is 1. The van der Waals surface area contributed by atoms with Crippen molar-refractivity contribution in [3.8, 4) is 0 Å². The summed E-state index contributed by atoms with van der Waals surface area (Å²) in [6.45, 7) is 1.78. The summed E-state index contributed by atoms with van der Waals surface area (Å²) < 4.78 is 13.0. The van der Waals surface area contributed by atoms with Crippen molar-refractivity contribution in [3.05, 3.63) is 58.3 Å². The predicted octanol–water partition coefficient (Wildman–Crippen LogP) is 5.25. The molecule has 0 bridgehead atoms. The summed E-state index contributed by atoms with van der Waals surface area (Å²) in [5, 5.41) is 3.18. The molecule has 6 heteroatoms. The minimum Gasteiger partial charge on any atom is -0.324 e. The number of hydrogen-bond acceptors (Lipinski definition) is 2. The lowest BCUT2D eigenvalue weighted by molar-refractivity contribution is -0.115. The van der Waals surface area contributed by atoms with Crippen LogP contribution >= 0.6 is 35.0 Å². The van der Waals surface area contributed by atoms with E-state index in [0.717, 1.165) is 11.0 Å². The fraction of sp³-hybridized carbons (Fsp3) is 0.133. The molecule has 0 unspecified atom stereocenters. The van der Waals surface area contributed by atoms with Crippen LogP contribution in [0.1, 0.15) is 6.92 Å². The Labute approximate surface area is 136 Å². The van der Waals surface area contributed by atoms with Crippen molar-refractivity contribution in [1.82, 2.24) is 0 Å². The highest BCUT2D eigenvalue weighted by Gasteiger charge is 2.16. The van der Waals surface area contributed by atoms with Crippen LogP contribution in [-0.4, -0.2) is 11.2 Å². The van der Waals surface area contributed by atoms with E-state index in [1.54, 1.807) is 19.1 Å². The molecule has 21 heavy (non-hydrogen) atoms. The van der Waals surface area contributed by atoms with E-state index in [1.165, 1.54) is 23.9 Å². The summed E-state index contributed by atoms with van der Waals surface area (Å²) >= 11 is 13.1. The Balaban J connectivity index is 2.00. The summed E-state index contributed by atoms with van der Waals surface area (Å²) in [7, 11) is 0. The summed E-state index contributed by atoms with van der Waals surface area (Å²) in [4.78, 5) is 13.0. The maximum Gasteiger partial charge on any atom is 0.237 e. The van der Waals surface area contributed by atoms with Gasteiger partial charge in [0, 0.05) is 9.92 Å². The van der Waals surface area contributed by atoms with Crippen molar-refractivity contribution >= 4 is 46.6 Å². The molecule has 0 fully saturated rings. The maximum atomic E-state index is 13.0. The van der Waals surface area contributed by atoms with E-state index in [0.29, 0.717) is 10.7 Å². The van der Waals surface area contributed by atoms with Crippen LogP contribution in [0.4, 0.5) is 10.1 Å². The van der Waals surface area contributed by atoms with Gasteiger partial charge in [-0.1, -0.05) is 23.2 Å². The van der Waals surface area contributed by atoms with E-state index < -0.39 is 5.82 Å². The molecule has 2 rings (SSSR count). The zero-order valence-corrected chi connectivity index (χ0v) is 13.4. The van der Waals surface area contributed by atoms with Gasteiger partial charge in [-0.2, -0.15) is 0 Å². The minimum absolute atomic E-state index is 0.173. The van der Waals surface area contributed by atoms with E-state index in [-0.39, 0.29) is 16.2 Å². The molecule has 1 atom stereocenters. The summed E-state index contributed by atoms with van der Waals surface area (Å²) in [6, 6.07) is 11.1. The van der Waals surface area contributed by atoms with Gasteiger partial charge in [0.15, 0.2) is 0 Å². The van der Waals surface area contributed by atoms with Crippen molar-refractivity contribution < 1.29 is 9.18 Å². The molecule has 0 saturated carbocycles. The van der Waals surface area contributed by atoms with Gasteiger partial charge < -0.3 is 5.32 Å². The second kappa shape index (κ2) is 7.16. The lowest BCUT2D eigenvalue weighted by Gasteiger charge is -2.13. The van der Waals surface area contributed by atoms with Gasteiger partial charge in [-0.3, -0.25) is 4.79 Å². The van der Waals surface area contributed by atoms with E-state index in [1.807, 2.05) is 12.1 Å². The third kappa shape index (κ3) is 4.63. The third-order valence-electron chi connectivity index (χ3n) is 2.68. The number of halogens is 3. The highest BCUT2D eigenvalue weighted by atomic mass is 35.5. The van der Waals surface area contributed by atoms with Gasteiger partial charge in [0.25, 0.3) is 0 Å². The van der Waals surface area contributed by atoms with Gasteiger partial charge in [-0.15, -0.1) is 11.8 Å². The van der Waals surface area contributed by atoms with Crippen LogP contribution in [0.25, 0.3) is 0 Å². The molecule has 0 saturated heterocycles. The first-order valence-electron chi connectivity index (χ1n) is 6.14. The zero-order valence-electron chi connectivity index (χ0n) is 11.1. The number of nitrogens with one attached hydrogen (secondary N) is 1. The monoisotopic (exact) mass is 343 g/mol. The lowest BCUT2D eigenvalue weighted by Crippen LogP contribution is -2.22. The van der Waals surface area contributed by atoms with Crippen LogP contribution in [0.15, 0.2) is 47.4 Å². The number of amides is 1. The molecular weight excluding hydrogens is 332 g/mol. The molecule has 0 aromatic heterocycles. The molecule has 0 heterocycles. The summed E-state index contributed by atoms with van der Waals surface area (Å²) in [6.07, 6.45) is 0. The van der Waals surface area contributed by atoms with Crippen molar-refractivity contribution in [3.63, 3.8) is 0 Å². The fourth-order valence-corrected chi connectivity index (χ4v) is 2.80. The van der Waals surface area contributed by atoms with Gasteiger partial charge >= 0.3 is 0 Å². The molecule has 110 valence electrons. The quantitative estimate of drug-likeness (QED) is 0.768. The minimum atomic E-state index is -0.443. The van der Waals surface area contributed by atoms with Crippen LogP contribution in [0.3, 0.4) is 0 Å². The second-order valence-corrected chi connectivity index (χ2v) is 6.59. The van der Waals surface area contributed by atoms with Gasteiger partial charge in [0.05, 0.1) is 16.0 Å². The Bertz CT molecular complexity index is 649. The third-order valence-corrected chi connectivity index (χ3v) is 4.36. The Morgan fingerprint density at radius 1 is 1.19 bits per heavy atom. The maximum absolute atomic E-state index is 13.0. The number of benzene rings is 2. The average molecular weight is 344 g/mol. The van der Waals surface area contributed by atoms with Gasteiger partial charge in [0.2, 0.25) is 5.91 Å². The fourth-order valence-electron chi connectivity index (χ4n) is 1.60. The summed E-state index contributed by atoms with van der Waals surface area (Å²) in [5.41, 5.74) is 0.395. The van der Waals surface area contributed by atoms with E-state index in [2.05, 4.69) is 5.32 Å². The lowest BCUT2D eigenvalue weighted by atomic mass is 10.3.